The molecule has 0 bridgehead atoms. The van der Waals surface area contributed by atoms with E-state index in [0.717, 1.165) is 28.4 Å². The number of allylic oxidation sites excluding steroid dienone is 3. The highest BCUT2D eigenvalue weighted by Crippen LogP contribution is 2.39. The lowest BCUT2D eigenvalue weighted by molar-refractivity contribution is -0.157. The van der Waals surface area contributed by atoms with E-state index >= 15 is 0 Å². The first kappa shape index (κ1) is 25.9. The van der Waals surface area contributed by atoms with Gasteiger partial charge in [-0.05, 0) is 24.3 Å². The second-order valence-corrected chi connectivity index (χ2v) is 7.32. The van der Waals surface area contributed by atoms with Crippen molar-refractivity contribution in [2.45, 2.75) is 6.04 Å². The van der Waals surface area contributed by atoms with E-state index in [2.05, 4.69) is 0 Å². The van der Waals surface area contributed by atoms with Crippen molar-refractivity contribution in [1.29, 1.82) is 0 Å². The second-order valence-electron chi connectivity index (χ2n) is 7.32. The van der Waals surface area contributed by atoms with E-state index in [1.807, 2.05) is 0 Å². The van der Waals surface area contributed by atoms with E-state index in [-0.39, 0.29) is 11.3 Å². The monoisotopic (exact) mass is 497 g/mol. The highest BCUT2D eigenvalue weighted by molar-refractivity contribution is 6.09. The van der Waals surface area contributed by atoms with E-state index in [4.69, 9.17) is 23.7 Å². The van der Waals surface area contributed by atoms with Crippen molar-refractivity contribution in [1.82, 2.24) is 4.90 Å². The smallest absolute Gasteiger partial charge is 0.343 e. The van der Waals surface area contributed by atoms with Crippen LogP contribution in [0.4, 0.5) is 0 Å². The molecule has 1 aromatic rings. The number of hydrogen-bond acceptors (Lipinski definition) is 11. The van der Waals surface area contributed by atoms with Crippen LogP contribution < -0.4 is 0 Å². The van der Waals surface area contributed by atoms with Gasteiger partial charge in [0.25, 0.3) is 0 Å². The number of methoxy groups -OCH3 is 4. The number of fused-ring (bicyclic) bond motifs is 1. The van der Waals surface area contributed by atoms with Crippen molar-refractivity contribution in [2.24, 2.45) is 5.92 Å². The van der Waals surface area contributed by atoms with Gasteiger partial charge in [0.05, 0.1) is 45.3 Å². The number of nitrogens with zero attached hydrogens (tertiary/aromatic N) is 1. The summed E-state index contributed by atoms with van der Waals surface area (Å²) in [7, 11) is 4.20. The number of esters is 5. The fraction of sp³-hybridized carbons (Fsp3) is 0.240. The lowest BCUT2D eigenvalue weighted by atomic mass is 9.87. The normalized spacial score (nSPS) is 18.6. The summed E-state index contributed by atoms with van der Waals surface area (Å²) in [5.74, 6) is -7.31. The van der Waals surface area contributed by atoms with E-state index in [1.54, 1.807) is 24.3 Å². The van der Waals surface area contributed by atoms with E-state index in [9.17, 15) is 24.0 Å². The Bertz CT molecular complexity index is 1210. The average Bonchev–Trinajstić information content (AvgIpc) is 3.04. The third-order valence-electron chi connectivity index (χ3n) is 5.44. The molecule has 2 heterocycles. The van der Waals surface area contributed by atoms with Crippen LogP contribution >= 0.6 is 0 Å². The Labute approximate surface area is 206 Å². The van der Waals surface area contributed by atoms with Crippen molar-refractivity contribution in [2.75, 3.05) is 28.4 Å². The van der Waals surface area contributed by atoms with Crippen LogP contribution in [0.5, 0.6) is 0 Å². The Morgan fingerprint density at radius 1 is 0.750 bits per heavy atom. The Hall–Kier alpha value is -4.67. The molecule has 36 heavy (non-hydrogen) atoms. The first-order valence-electron chi connectivity index (χ1n) is 10.5. The second kappa shape index (κ2) is 11.2. The van der Waals surface area contributed by atoms with Crippen LogP contribution in [-0.2, 0) is 42.9 Å². The maximum atomic E-state index is 13.1. The minimum absolute atomic E-state index is 0.00499. The van der Waals surface area contributed by atoms with Crippen LogP contribution in [0.2, 0.25) is 0 Å². The zero-order valence-electron chi connectivity index (χ0n) is 19.9. The molecule has 0 aromatic heterocycles. The molecule has 188 valence electrons. The van der Waals surface area contributed by atoms with E-state index in [0.29, 0.717) is 0 Å². The molecule has 0 radical (unpaired) electrons. The topological polar surface area (TPSA) is 135 Å². The predicted molar refractivity (Wildman–Crippen MR) is 121 cm³/mol. The zero-order chi connectivity index (χ0) is 26.4. The summed E-state index contributed by atoms with van der Waals surface area (Å²) in [6.07, 6.45) is 5.91. The Balaban J connectivity index is 2.43. The standard InChI is InChI=1S/C25H23NO10/c1-32-22(28)16-17(23(29)33-2)19(25(31)35-4)26-13-9-8-12-15(26)20(18(16)24(30)34-3)36-21(27)14-10-6-5-7-11-14/h5-13,17,19H,1-4H3. The van der Waals surface area contributed by atoms with Gasteiger partial charge in [0.2, 0.25) is 0 Å². The summed E-state index contributed by atoms with van der Waals surface area (Å²) in [5.41, 5.74) is -1.05. The van der Waals surface area contributed by atoms with Gasteiger partial charge in [0, 0.05) is 6.20 Å². The highest BCUT2D eigenvalue weighted by atomic mass is 16.6. The molecule has 2 unspecified atom stereocenters. The van der Waals surface area contributed by atoms with Crippen LogP contribution in [0.3, 0.4) is 0 Å². The minimum atomic E-state index is -1.73. The van der Waals surface area contributed by atoms with Gasteiger partial charge in [-0.3, -0.25) is 4.79 Å². The summed E-state index contributed by atoms with van der Waals surface area (Å²) < 4.78 is 25.2. The van der Waals surface area contributed by atoms with Crippen molar-refractivity contribution in [3.8, 4) is 0 Å². The van der Waals surface area contributed by atoms with Gasteiger partial charge in [0.15, 0.2) is 5.76 Å². The number of ether oxygens (including phenoxy) is 5. The number of rotatable bonds is 6. The van der Waals surface area contributed by atoms with Crippen LogP contribution in [0.25, 0.3) is 0 Å². The molecule has 11 nitrogen and oxygen atoms in total. The molecule has 2 aliphatic rings. The van der Waals surface area contributed by atoms with Crippen molar-refractivity contribution >= 4 is 29.8 Å². The van der Waals surface area contributed by atoms with Crippen LogP contribution in [0.1, 0.15) is 10.4 Å². The molecule has 1 aromatic carbocycles. The Morgan fingerprint density at radius 2 is 1.39 bits per heavy atom. The summed E-state index contributed by atoms with van der Waals surface area (Å²) in [6.45, 7) is 0. The SMILES string of the molecule is COC(=O)C1=C(C(=O)OC)C(C(=O)OC)C(C(=O)OC)N2C=CC=CC2=C1OC(=O)c1ccccc1. The number of benzene rings is 1. The molecule has 0 N–H and O–H groups in total. The highest BCUT2D eigenvalue weighted by Gasteiger charge is 2.51. The van der Waals surface area contributed by atoms with Crippen molar-refractivity contribution < 1.29 is 47.7 Å². The number of carbonyl (C=O) groups is 5. The molecule has 0 saturated carbocycles. The molecule has 0 amide bonds. The maximum Gasteiger partial charge on any atom is 0.343 e. The molecule has 0 spiro atoms. The van der Waals surface area contributed by atoms with Gasteiger partial charge in [-0.1, -0.05) is 24.3 Å². The first-order chi connectivity index (χ1) is 17.3. The number of hydrogen-bond donors (Lipinski definition) is 0. The zero-order valence-corrected chi connectivity index (χ0v) is 19.9. The minimum Gasteiger partial charge on any atom is -0.468 e. The van der Waals surface area contributed by atoms with Crippen LogP contribution in [0, 0.1) is 5.92 Å². The number of carbonyl (C=O) groups excluding carboxylic acids is 5. The third kappa shape index (κ3) is 4.76. The van der Waals surface area contributed by atoms with Crippen LogP contribution in [0.15, 0.2) is 77.4 Å². The fourth-order valence-electron chi connectivity index (χ4n) is 3.83. The van der Waals surface area contributed by atoms with Gasteiger partial charge in [0.1, 0.15) is 17.5 Å². The molecule has 3 rings (SSSR count). The molecule has 11 heteroatoms. The maximum absolute atomic E-state index is 13.1. The van der Waals surface area contributed by atoms with Gasteiger partial charge < -0.3 is 28.6 Å². The van der Waals surface area contributed by atoms with E-state index < -0.39 is 58.7 Å². The first-order valence-corrected chi connectivity index (χ1v) is 10.5. The molecule has 2 aliphatic heterocycles. The summed E-state index contributed by atoms with van der Waals surface area (Å²) in [6, 6.07) is 6.33. The quantitative estimate of drug-likeness (QED) is 0.417. The largest absolute Gasteiger partial charge is 0.468 e. The van der Waals surface area contributed by atoms with Gasteiger partial charge in [-0.2, -0.15) is 0 Å². The predicted octanol–water partition coefficient (Wildman–Crippen LogP) is 1.43. The van der Waals surface area contributed by atoms with Gasteiger partial charge in [-0.15, -0.1) is 0 Å². The van der Waals surface area contributed by atoms with Crippen molar-refractivity contribution in [3.63, 3.8) is 0 Å². The summed E-state index contributed by atoms with van der Waals surface area (Å²) >= 11 is 0. The molecule has 0 saturated heterocycles. The van der Waals surface area contributed by atoms with Gasteiger partial charge >= 0.3 is 29.8 Å². The molecule has 0 fully saturated rings. The lowest BCUT2D eigenvalue weighted by Crippen LogP contribution is -2.48. The fourth-order valence-corrected chi connectivity index (χ4v) is 3.83. The van der Waals surface area contributed by atoms with E-state index in [1.165, 1.54) is 35.4 Å². The van der Waals surface area contributed by atoms with Crippen LogP contribution in [-0.4, -0.2) is 69.2 Å². The molecular weight excluding hydrogens is 474 g/mol. The lowest BCUT2D eigenvalue weighted by Gasteiger charge is -2.33. The Morgan fingerprint density at radius 3 is 1.97 bits per heavy atom. The molecule has 0 aliphatic carbocycles. The summed E-state index contributed by atoms with van der Waals surface area (Å²) in [4.78, 5) is 66.5. The Kier molecular flexibility index (Phi) is 8.05. The molecular formula is C25H23NO10. The summed E-state index contributed by atoms with van der Waals surface area (Å²) in [5, 5.41) is 0. The molecule has 2 atom stereocenters. The average molecular weight is 497 g/mol. The van der Waals surface area contributed by atoms with Gasteiger partial charge in [-0.25, -0.2) is 19.2 Å². The van der Waals surface area contributed by atoms with Crippen molar-refractivity contribution in [3.05, 3.63) is 82.9 Å². The third-order valence-corrected chi connectivity index (χ3v) is 5.44.